The fourth-order valence-electron chi connectivity index (χ4n) is 1.86. The lowest BCUT2D eigenvalue weighted by Gasteiger charge is -2.04. The van der Waals surface area contributed by atoms with Crippen molar-refractivity contribution in [2.45, 2.75) is 78.1 Å². The quantitative estimate of drug-likeness (QED) is 0.373. The zero-order valence-electron chi connectivity index (χ0n) is 12.1. The van der Waals surface area contributed by atoms with Gasteiger partial charge in [0.1, 0.15) is 0 Å². The van der Waals surface area contributed by atoms with E-state index in [0.29, 0.717) is 6.61 Å². The third kappa shape index (κ3) is 12.4. The molecule has 18 heavy (non-hydrogen) atoms. The van der Waals surface area contributed by atoms with Crippen LogP contribution in [0.4, 0.5) is 0 Å². The van der Waals surface area contributed by atoms with Crippen molar-refractivity contribution in [1.29, 1.82) is 0 Å². The second kappa shape index (κ2) is 12.0. The summed E-state index contributed by atoms with van der Waals surface area (Å²) in [4.78, 5) is 0. The van der Waals surface area contributed by atoms with E-state index in [0.717, 1.165) is 25.7 Å². The van der Waals surface area contributed by atoms with Crippen LogP contribution in [0.15, 0.2) is 0 Å². The molecular weight excluding hydrogens is 248 g/mol. The molecule has 0 radical (unpaired) electrons. The third-order valence-electron chi connectivity index (χ3n) is 2.96. The normalized spacial score (nSPS) is 11.9. The van der Waals surface area contributed by atoms with Gasteiger partial charge in [-0.15, -0.1) is 0 Å². The van der Waals surface area contributed by atoms with Crippen LogP contribution in [0.25, 0.3) is 0 Å². The van der Waals surface area contributed by atoms with E-state index in [2.05, 4.69) is 6.92 Å². The second-order valence-electron chi connectivity index (χ2n) is 4.91. The third-order valence-corrected chi connectivity index (χ3v) is 4.28. The van der Waals surface area contributed by atoms with Gasteiger partial charge in [-0.25, -0.2) is 0 Å². The maximum Gasteiger partial charge on any atom is 0.267 e. The molecule has 0 aliphatic heterocycles. The number of unbranched alkanes of at least 4 members (excludes halogenated alkanes) is 8. The Balaban J connectivity index is 3.29. The summed E-state index contributed by atoms with van der Waals surface area (Å²) < 4.78 is 27.6. The SMILES string of the molecule is CCCCCCCCCCCS(=O)(=O)OCCC. The molecule has 0 aromatic carbocycles. The van der Waals surface area contributed by atoms with E-state index in [-0.39, 0.29) is 5.75 Å². The zero-order valence-corrected chi connectivity index (χ0v) is 12.9. The highest BCUT2D eigenvalue weighted by Gasteiger charge is 2.09. The van der Waals surface area contributed by atoms with E-state index >= 15 is 0 Å². The van der Waals surface area contributed by atoms with E-state index in [9.17, 15) is 8.42 Å². The maximum absolute atomic E-state index is 11.4. The van der Waals surface area contributed by atoms with E-state index < -0.39 is 10.1 Å². The summed E-state index contributed by atoms with van der Waals surface area (Å²) in [6.45, 7) is 4.45. The van der Waals surface area contributed by atoms with Crippen molar-refractivity contribution in [3.05, 3.63) is 0 Å². The minimum Gasteiger partial charge on any atom is -0.270 e. The van der Waals surface area contributed by atoms with Crippen molar-refractivity contribution in [3.8, 4) is 0 Å². The Morgan fingerprint density at radius 2 is 1.22 bits per heavy atom. The summed E-state index contributed by atoms with van der Waals surface area (Å²) >= 11 is 0. The average Bonchev–Trinajstić information content (AvgIpc) is 2.34. The van der Waals surface area contributed by atoms with Gasteiger partial charge < -0.3 is 0 Å². The smallest absolute Gasteiger partial charge is 0.267 e. The molecule has 0 aromatic rings. The summed E-state index contributed by atoms with van der Waals surface area (Å²) in [5, 5.41) is 0. The standard InChI is InChI=1S/C14H30O3S/c1-3-5-6-7-8-9-10-11-12-14-18(15,16)17-13-4-2/h3-14H2,1-2H3. The van der Waals surface area contributed by atoms with Gasteiger partial charge in [-0.1, -0.05) is 65.2 Å². The van der Waals surface area contributed by atoms with E-state index in [1.807, 2.05) is 6.92 Å². The van der Waals surface area contributed by atoms with Gasteiger partial charge in [0.25, 0.3) is 10.1 Å². The Hall–Kier alpha value is -0.0900. The van der Waals surface area contributed by atoms with Crippen molar-refractivity contribution >= 4 is 10.1 Å². The van der Waals surface area contributed by atoms with Gasteiger partial charge in [0, 0.05) is 0 Å². The lowest BCUT2D eigenvalue weighted by Crippen LogP contribution is -2.11. The van der Waals surface area contributed by atoms with Gasteiger partial charge in [-0.3, -0.25) is 4.18 Å². The second-order valence-corrected chi connectivity index (χ2v) is 6.67. The molecule has 110 valence electrons. The van der Waals surface area contributed by atoms with Gasteiger partial charge in [0.2, 0.25) is 0 Å². The number of hydrogen-bond acceptors (Lipinski definition) is 3. The Kier molecular flexibility index (Phi) is 11.9. The van der Waals surface area contributed by atoms with Crippen LogP contribution in [0, 0.1) is 0 Å². The summed E-state index contributed by atoms with van der Waals surface area (Å²) in [5.41, 5.74) is 0. The van der Waals surface area contributed by atoms with Crippen molar-refractivity contribution < 1.29 is 12.6 Å². The molecule has 0 amide bonds. The van der Waals surface area contributed by atoms with Gasteiger partial charge in [0.05, 0.1) is 12.4 Å². The molecule has 0 aliphatic carbocycles. The number of rotatable bonds is 13. The highest BCUT2D eigenvalue weighted by Crippen LogP contribution is 2.10. The van der Waals surface area contributed by atoms with Crippen LogP contribution in [0.5, 0.6) is 0 Å². The van der Waals surface area contributed by atoms with Gasteiger partial charge >= 0.3 is 0 Å². The van der Waals surface area contributed by atoms with Crippen LogP contribution in [0.3, 0.4) is 0 Å². The molecule has 0 spiro atoms. The molecule has 3 nitrogen and oxygen atoms in total. The molecule has 0 N–H and O–H groups in total. The first-order chi connectivity index (χ1) is 8.62. The fourth-order valence-corrected chi connectivity index (χ4v) is 2.95. The molecule has 0 bridgehead atoms. The molecule has 0 heterocycles. The lowest BCUT2D eigenvalue weighted by molar-refractivity contribution is 0.317. The molecular formula is C14H30O3S. The van der Waals surface area contributed by atoms with Crippen LogP contribution >= 0.6 is 0 Å². The van der Waals surface area contributed by atoms with Crippen molar-refractivity contribution in [3.63, 3.8) is 0 Å². The monoisotopic (exact) mass is 278 g/mol. The summed E-state index contributed by atoms with van der Waals surface area (Å²) in [5.74, 6) is 0.183. The molecule has 0 aliphatic rings. The fraction of sp³-hybridized carbons (Fsp3) is 1.00. The van der Waals surface area contributed by atoms with Crippen LogP contribution in [-0.2, 0) is 14.3 Å². The van der Waals surface area contributed by atoms with Gasteiger partial charge in [0.15, 0.2) is 0 Å². The van der Waals surface area contributed by atoms with E-state index in [1.165, 1.54) is 38.5 Å². The Morgan fingerprint density at radius 1 is 0.722 bits per heavy atom. The maximum atomic E-state index is 11.4. The molecule has 0 rings (SSSR count). The summed E-state index contributed by atoms with van der Waals surface area (Å²) in [7, 11) is -3.25. The van der Waals surface area contributed by atoms with Crippen LogP contribution < -0.4 is 0 Å². The zero-order chi connectivity index (χ0) is 13.7. The van der Waals surface area contributed by atoms with Crippen LogP contribution in [-0.4, -0.2) is 20.8 Å². The average molecular weight is 278 g/mol. The molecule has 0 fully saturated rings. The Morgan fingerprint density at radius 3 is 1.72 bits per heavy atom. The topological polar surface area (TPSA) is 43.4 Å². The first kappa shape index (κ1) is 17.9. The van der Waals surface area contributed by atoms with Gasteiger partial charge in [-0.05, 0) is 12.8 Å². The highest BCUT2D eigenvalue weighted by atomic mass is 32.2. The molecule has 0 saturated heterocycles. The largest absolute Gasteiger partial charge is 0.270 e. The molecule has 0 unspecified atom stereocenters. The highest BCUT2D eigenvalue weighted by molar-refractivity contribution is 7.86. The molecule has 0 aromatic heterocycles. The van der Waals surface area contributed by atoms with Gasteiger partial charge in [-0.2, -0.15) is 8.42 Å². The first-order valence-electron chi connectivity index (χ1n) is 7.49. The van der Waals surface area contributed by atoms with Crippen molar-refractivity contribution in [2.24, 2.45) is 0 Å². The number of hydrogen-bond donors (Lipinski definition) is 0. The summed E-state index contributed by atoms with van der Waals surface area (Å²) in [6, 6.07) is 0. The predicted octanol–water partition coefficient (Wildman–Crippen LogP) is 4.27. The van der Waals surface area contributed by atoms with Crippen molar-refractivity contribution in [1.82, 2.24) is 0 Å². The predicted molar refractivity (Wildman–Crippen MR) is 77.3 cm³/mol. The molecule has 0 atom stereocenters. The first-order valence-corrected chi connectivity index (χ1v) is 9.07. The van der Waals surface area contributed by atoms with Crippen LogP contribution in [0.1, 0.15) is 78.1 Å². The lowest BCUT2D eigenvalue weighted by atomic mass is 10.1. The van der Waals surface area contributed by atoms with Crippen LogP contribution in [0.2, 0.25) is 0 Å². The minimum atomic E-state index is -3.25. The van der Waals surface area contributed by atoms with E-state index in [4.69, 9.17) is 4.18 Å². The van der Waals surface area contributed by atoms with E-state index in [1.54, 1.807) is 0 Å². The molecule has 0 saturated carbocycles. The summed E-state index contributed by atoms with van der Waals surface area (Å²) in [6.07, 6.45) is 11.5. The Bertz CT molecular complexity index is 260. The minimum absolute atomic E-state index is 0.183. The Labute approximate surface area is 113 Å². The van der Waals surface area contributed by atoms with Crippen molar-refractivity contribution in [2.75, 3.05) is 12.4 Å². The molecule has 4 heteroatoms.